The van der Waals surface area contributed by atoms with Gasteiger partial charge in [-0.25, -0.2) is 17.9 Å². The summed E-state index contributed by atoms with van der Waals surface area (Å²) in [4.78, 5) is 11.7. The predicted molar refractivity (Wildman–Crippen MR) is 87.0 cm³/mol. The summed E-state index contributed by atoms with van der Waals surface area (Å²) in [7, 11) is -4.18. The van der Waals surface area contributed by atoms with Crippen LogP contribution in [-0.4, -0.2) is 14.4 Å². The predicted octanol–water partition coefficient (Wildman–Crippen LogP) is 3.96. The van der Waals surface area contributed by atoms with Gasteiger partial charge in [-0.2, -0.15) is 13.2 Å². The molecule has 2 aromatic carbocycles. The Kier molecular flexibility index (Phi) is 4.36. The van der Waals surface area contributed by atoms with E-state index in [1.54, 1.807) is 10.8 Å². The lowest BCUT2D eigenvalue weighted by Gasteiger charge is -2.10. The van der Waals surface area contributed by atoms with Crippen LogP contribution in [0.3, 0.4) is 0 Å². The maximum atomic E-state index is 12.5. The Morgan fingerprint density at radius 3 is 2.35 bits per heavy atom. The first kappa shape index (κ1) is 17.8. The molecule has 10 heteroatoms. The second kappa shape index (κ2) is 6.37. The summed E-state index contributed by atoms with van der Waals surface area (Å²) in [5, 5.41) is 2.85. The number of sulfonamides is 1. The molecule has 136 valence electrons. The number of halogens is 3. The molecule has 2 amide bonds. The zero-order valence-electron chi connectivity index (χ0n) is 12.9. The molecule has 0 atom stereocenters. The normalized spacial score (nSPS) is 12.1. The van der Waals surface area contributed by atoms with E-state index < -0.39 is 27.8 Å². The molecule has 0 aliphatic carbocycles. The Hall–Kier alpha value is -3.01. The van der Waals surface area contributed by atoms with Gasteiger partial charge >= 0.3 is 12.2 Å². The lowest BCUT2D eigenvalue weighted by molar-refractivity contribution is -0.137. The highest BCUT2D eigenvalue weighted by molar-refractivity contribution is 7.90. The zero-order chi connectivity index (χ0) is 18.9. The number of rotatable bonds is 3. The minimum Gasteiger partial charge on any atom is -0.464 e. The van der Waals surface area contributed by atoms with E-state index in [1.807, 2.05) is 0 Å². The number of alkyl halides is 3. The molecule has 6 nitrogen and oxygen atoms in total. The number of urea groups is 1. The Morgan fingerprint density at radius 1 is 1.00 bits per heavy atom. The van der Waals surface area contributed by atoms with Crippen molar-refractivity contribution in [2.45, 2.75) is 11.1 Å². The van der Waals surface area contributed by atoms with Crippen LogP contribution in [0.15, 0.2) is 64.1 Å². The summed E-state index contributed by atoms with van der Waals surface area (Å²) in [6.45, 7) is 0. The molecule has 2 N–H and O–H groups in total. The van der Waals surface area contributed by atoms with Crippen LogP contribution in [-0.2, 0) is 16.2 Å². The highest BCUT2D eigenvalue weighted by Crippen LogP contribution is 2.29. The summed E-state index contributed by atoms with van der Waals surface area (Å²) in [5.41, 5.74) is -0.550. The molecule has 3 aromatic rings. The number of carbonyl (C=O) groups is 1. The quantitative estimate of drug-likeness (QED) is 0.715. The van der Waals surface area contributed by atoms with Crippen molar-refractivity contribution in [3.63, 3.8) is 0 Å². The minimum absolute atomic E-state index is 0.00665. The van der Waals surface area contributed by atoms with E-state index in [4.69, 9.17) is 4.42 Å². The average molecular weight is 384 g/mol. The third kappa shape index (κ3) is 3.80. The number of fused-ring (bicyclic) bond motifs is 1. The maximum Gasteiger partial charge on any atom is 0.416 e. The van der Waals surface area contributed by atoms with Gasteiger partial charge in [0.2, 0.25) is 0 Å². The van der Waals surface area contributed by atoms with Crippen molar-refractivity contribution >= 4 is 32.7 Å². The second-order valence-corrected chi connectivity index (χ2v) is 6.94. The van der Waals surface area contributed by atoms with Crippen LogP contribution in [0.5, 0.6) is 0 Å². The van der Waals surface area contributed by atoms with Crippen molar-refractivity contribution < 1.29 is 30.8 Å². The number of anilines is 1. The summed E-state index contributed by atoms with van der Waals surface area (Å²) in [6, 6.07) is 8.19. The molecule has 1 aromatic heterocycles. The van der Waals surface area contributed by atoms with E-state index in [1.165, 1.54) is 24.5 Å². The standard InChI is InChI=1S/C16H11F3N2O4S/c17-16(18,19)11-2-4-12(5-3-11)20-15(22)21-26(23,24)13-6-1-10-7-8-25-14(10)9-13/h1-9H,(H2,20,21,22). The Labute approximate surface area is 145 Å². The van der Waals surface area contributed by atoms with Crippen LogP contribution in [0.4, 0.5) is 23.7 Å². The fraction of sp³-hybridized carbons (Fsp3) is 0.0625. The van der Waals surface area contributed by atoms with Crippen molar-refractivity contribution in [1.82, 2.24) is 4.72 Å². The summed E-state index contributed by atoms with van der Waals surface area (Å²) in [6.07, 6.45) is -3.11. The van der Waals surface area contributed by atoms with E-state index in [9.17, 15) is 26.4 Å². The molecule has 26 heavy (non-hydrogen) atoms. The summed E-state index contributed by atoms with van der Waals surface area (Å²) < 4.78 is 68.8. The number of hydrogen-bond donors (Lipinski definition) is 2. The van der Waals surface area contributed by atoms with E-state index in [0.29, 0.717) is 11.0 Å². The van der Waals surface area contributed by atoms with Crippen molar-refractivity contribution in [2.75, 3.05) is 5.32 Å². The van der Waals surface area contributed by atoms with Crippen molar-refractivity contribution in [2.24, 2.45) is 0 Å². The van der Waals surface area contributed by atoms with Crippen LogP contribution < -0.4 is 10.0 Å². The van der Waals surface area contributed by atoms with Crippen molar-refractivity contribution in [3.8, 4) is 0 Å². The third-order valence-corrected chi connectivity index (χ3v) is 4.76. The molecule has 0 saturated heterocycles. The monoisotopic (exact) mass is 384 g/mol. The van der Waals surface area contributed by atoms with Gasteiger partial charge in [0, 0.05) is 17.1 Å². The van der Waals surface area contributed by atoms with Crippen LogP contribution >= 0.6 is 0 Å². The maximum absolute atomic E-state index is 12.5. The molecule has 0 fully saturated rings. The molecule has 1 heterocycles. The van der Waals surface area contributed by atoms with E-state index >= 15 is 0 Å². The molecule has 0 spiro atoms. The van der Waals surface area contributed by atoms with Gasteiger partial charge in [-0.1, -0.05) is 0 Å². The lowest BCUT2D eigenvalue weighted by atomic mass is 10.2. The second-order valence-electron chi connectivity index (χ2n) is 5.25. The van der Waals surface area contributed by atoms with E-state index in [2.05, 4.69) is 5.32 Å². The molecule has 0 radical (unpaired) electrons. The van der Waals surface area contributed by atoms with Gasteiger partial charge in [-0.05, 0) is 42.5 Å². The first-order valence-corrected chi connectivity index (χ1v) is 8.62. The van der Waals surface area contributed by atoms with E-state index in [0.717, 1.165) is 24.3 Å². The molecular weight excluding hydrogens is 373 g/mol. The molecule has 0 bridgehead atoms. The number of hydrogen-bond acceptors (Lipinski definition) is 4. The van der Waals surface area contributed by atoms with Gasteiger partial charge in [0.15, 0.2) is 0 Å². The van der Waals surface area contributed by atoms with Crippen molar-refractivity contribution in [1.29, 1.82) is 0 Å². The first-order valence-electron chi connectivity index (χ1n) is 7.13. The van der Waals surface area contributed by atoms with Crippen LogP contribution in [0.2, 0.25) is 0 Å². The molecule has 0 unspecified atom stereocenters. The third-order valence-electron chi connectivity index (χ3n) is 3.44. The fourth-order valence-electron chi connectivity index (χ4n) is 2.18. The number of benzene rings is 2. The Bertz CT molecular complexity index is 1060. The number of furan rings is 1. The highest BCUT2D eigenvalue weighted by Gasteiger charge is 2.30. The first-order chi connectivity index (χ1) is 12.1. The smallest absolute Gasteiger partial charge is 0.416 e. The Balaban J connectivity index is 1.72. The highest BCUT2D eigenvalue weighted by atomic mass is 32.2. The van der Waals surface area contributed by atoms with Crippen molar-refractivity contribution in [3.05, 3.63) is 60.4 Å². The van der Waals surface area contributed by atoms with Gasteiger partial charge in [0.25, 0.3) is 10.0 Å². The SMILES string of the molecule is O=C(Nc1ccc(C(F)(F)F)cc1)NS(=O)(=O)c1ccc2ccoc2c1. The van der Waals surface area contributed by atoms with Crippen LogP contribution in [0, 0.1) is 0 Å². The number of amides is 2. The van der Waals surface area contributed by atoms with E-state index in [-0.39, 0.29) is 10.6 Å². The van der Waals surface area contributed by atoms with Gasteiger partial charge in [0.05, 0.1) is 16.7 Å². The number of carbonyl (C=O) groups excluding carboxylic acids is 1. The lowest BCUT2D eigenvalue weighted by Crippen LogP contribution is -2.34. The molecule has 0 aliphatic heterocycles. The summed E-state index contributed by atoms with van der Waals surface area (Å²) in [5.74, 6) is 0. The largest absolute Gasteiger partial charge is 0.464 e. The number of nitrogens with one attached hydrogen (secondary N) is 2. The van der Waals surface area contributed by atoms with Gasteiger partial charge < -0.3 is 9.73 Å². The topological polar surface area (TPSA) is 88.4 Å². The fourth-order valence-corrected chi connectivity index (χ4v) is 3.10. The summed E-state index contributed by atoms with van der Waals surface area (Å²) >= 11 is 0. The zero-order valence-corrected chi connectivity index (χ0v) is 13.7. The van der Waals surface area contributed by atoms with Crippen LogP contribution in [0.1, 0.15) is 5.56 Å². The Morgan fingerprint density at radius 2 is 1.69 bits per heavy atom. The molecular formula is C16H11F3N2O4S. The van der Waals surface area contributed by atoms with Gasteiger partial charge in [0.1, 0.15) is 5.58 Å². The minimum atomic E-state index is -4.51. The molecule has 3 rings (SSSR count). The van der Waals surface area contributed by atoms with Gasteiger partial charge in [-0.15, -0.1) is 0 Å². The molecule has 0 saturated carbocycles. The van der Waals surface area contributed by atoms with Crippen LogP contribution in [0.25, 0.3) is 11.0 Å². The van der Waals surface area contributed by atoms with Gasteiger partial charge in [-0.3, -0.25) is 0 Å². The average Bonchev–Trinajstić information content (AvgIpc) is 3.01. The molecule has 0 aliphatic rings.